The number of carbonyl (C=O) groups excluding carboxylic acids is 2. The number of amides is 3. The monoisotopic (exact) mass is 427 g/mol. The number of nitrogens with one attached hydrogen (secondary N) is 2. The van der Waals surface area contributed by atoms with Crippen LogP contribution in [0.15, 0.2) is 91.0 Å². The molecule has 3 aromatic rings. The van der Waals surface area contributed by atoms with Crippen molar-refractivity contribution in [3.8, 4) is 0 Å². The van der Waals surface area contributed by atoms with Crippen LogP contribution in [0.4, 0.5) is 10.5 Å². The van der Waals surface area contributed by atoms with Crippen LogP contribution in [-0.2, 0) is 10.3 Å². The van der Waals surface area contributed by atoms with E-state index in [0.717, 1.165) is 29.7 Å². The minimum atomic E-state index is -0.659. The second-order valence-electron chi connectivity index (χ2n) is 8.43. The number of anilines is 1. The van der Waals surface area contributed by atoms with E-state index in [1.807, 2.05) is 97.9 Å². The predicted octanol–water partition coefficient (Wildman–Crippen LogP) is 5.01. The van der Waals surface area contributed by atoms with E-state index in [-0.39, 0.29) is 17.9 Å². The summed E-state index contributed by atoms with van der Waals surface area (Å²) in [5.41, 5.74) is 2.14. The first-order chi connectivity index (χ1) is 15.6. The van der Waals surface area contributed by atoms with Crippen LogP contribution in [0.5, 0.6) is 0 Å². The van der Waals surface area contributed by atoms with Gasteiger partial charge in [-0.2, -0.15) is 0 Å². The highest BCUT2D eigenvalue weighted by Crippen LogP contribution is 2.30. The van der Waals surface area contributed by atoms with E-state index in [1.54, 1.807) is 4.90 Å². The van der Waals surface area contributed by atoms with Gasteiger partial charge < -0.3 is 15.5 Å². The summed E-state index contributed by atoms with van der Waals surface area (Å²) in [6.45, 7) is 3.10. The molecule has 4 rings (SSSR count). The fourth-order valence-corrected chi connectivity index (χ4v) is 4.30. The number of carbonyl (C=O) groups is 2. The molecule has 3 aromatic carbocycles. The molecule has 0 radical (unpaired) electrons. The predicted molar refractivity (Wildman–Crippen MR) is 127 cm³/mol. The molecule has 0 bridgehead atoms. The lowest BCUT2D eigenvalue weighted by molar-refractivity contribution is -0.127. The van der Waals surface area contributed by atoms with Gasteiger partial charge in [0, 0.05) is 18.8 Å². The zero-order chi connectivity index (χ0) is 22.4. The minimum absolute atomic E-state index is 0.0302. The van der Waals surface area contributed by atoms with E-state index in [1.165, 1.54) is 0 Å². The van der Waals surface area contributed by atoms with Gasteiger partial charge in [-0.15, -0.1) is 0 Å². The maximum absolute atomic E-state index is 13.4. The van der Waals surface area contributed by atoms with Crippen molar-refractivity contribution < 1.29 is 9.59 Å². The number of urea groups is 1. The van der Waals surface area contributed by atoms with Crippen molar-refractivity contribution in [2.24, 2.45) is 5.92 Å². The van der Waals surface area contributed by atoms with Crippen LogP contribution in [0, 0.1) is 5.92 Å². The summed E-state index contributed by atoms with van der Waals surface area (Å²) in [4.78, 5) is 27.9. The Bertz CT molecular complexity index is 999. The fourth-order valence-electron chi connectivity index (χ4n) is 4.30. The van der Waals surface area contributed by atoms with E-state index in [9.17, 15) is 9.59 Å². The normalized spacial score (nSPS) is 16.3. The summed E-state index contributed by atoms with van der Waals surface area (Å²) in [7, 11) is 0. The highest BCUT2D eigenvalue weighted by molar-refractivity contribution is 5.90. The van der Waals surface area contributed by atoms with E-state index in [2.05, 4.69) is 10.6 Å². The van der Waals surface area contributed by atoms with Crippen molar-refractivity contribution >= 4 is 17.6 Å². The Morgan fingerprint density at radius 1 is 0.844 bits per heavy atom. The van der Waals surface area contributed by atoms with E-state index in [0.29, 0.717) is 13.1 Å². The number of rotatable bonds is 5. The number of para-hydroxylation sites is 1. The van der Waals surface area contributed by atoms with Gasteiger partial charge in [-0.25, -0.2) is 4.79 Å². The van der Waals surface area contributed by atoms with Gasteiger partial charge in [-0.3, -0.25) is 4.79 Å². The SMILES string of the molecule is CC(NC(=O)C1CCCN(C(=O)Nc2ccccc2)C1)(c1ccccc1)c1ccccc1. The maximum atomic E-state index is 13.4. The van der Waals surface area contributed by atoms with Crippen LogP contribution in [0.3, 0.4) is 0 Å². The molecular formula is C27H29N3O2. The Kier molecular flexibility index (Phi) is 6.55. The van der Waals surface area contributed by atoms with Gasteiger partial charge in [0.15, 0.2) is 0 Å². The molecule has 1 aliphatic rings. The molecule has 1 unspecified atom stereocenters. The topological polar surface area (TPSA) is 61.4 Å². The number of piperidine rings is 1. The third-order valence-corrected chi connectivity index (χ3v) is 6.18. The summed E-state index contributed by atoms with van der Waals surface area (Å²) in [5, 5.41) is 6.23. The zero-order valence-corrected chi connectivity index (χ0v) is 18.3. The number of hydrogen-bond donors (Lipinski definition) is 2. The third-order valence-electron chi connectivity index (χ3n) is 6.18. The molecule has 0 spiro atoms. The Labute approximate surface area is 189 Å². The molecule has 1 fully saturated rings. The third kappa shape index (κ3) is 4.83. The van der Waals surface area contributed by atoms with Crippen LogP contribution < -0.4 is 10.6 Å². The lowest BCUT2D eigenvalue weighted by Gasteiger charge is -2.37. The second kappa shape index (κ2) is 9.69. The summed E-state index contributed by atoms with van der Waals surface area (Å²) >= 11 is 0. The van der Waals surface area contributed by atoms with Crippen molar-refractivity contribution in [2.45, 2.75) is 25.3 Å². The highest BCUT2D eigenvalue weighted by Gasteiger charge is 2.35. The molecular weight excluding hydrogens is 398 g/mol. The fraction of sp³-hybridized carbons (Fsp3) is 0.259. The second-order valence-corrected chi connectivity index (χ2v) is 8.43. The summed E-state index contributed by atoms with van der Waals surface area (Å²) in [6, 6.07) is 29.3. The largest absolute Gasteiger partial charge is 0.342 e. The molecule has 1 atom stereocenters. The number of likely N-dealkylation sites (tertiary alicyclic amines) is 1. The molecule has 164 valence electrons. The standard InChI is InChI=1S/C27H29N3O2/c1-27(22-13-5-2-6-14-22,23-15-7-3-8-16-23)29-25(31)21-12-11-19-30(20-21)26(32)28-24-17-9-4-10-18-24/h2-10,13-18,21H,11-12,19-20H2,1H3,(H,28,32)(H,29,31). The molecule has 0 aromatic heterocycles. The summed E-state index contributed by atoms with van der Waals surface area (Å²) in [6.07, 6.45) is 1.56. The first-order valence-corrected chi connectivity index (χ1v) is 11.1. The molecule has 2 N–H and O–H groups in total. The van der Waals surface area contributed by atoms with E-state index >= 15 is 0 Å². The molecule has 1 heterocycles. The average Bonchev–Trinajstić information content (AvgIpc) is 2.85. The average molecular weight is 428 g/mol. The maximum Gasteiger partial charge on any atom is 0.321 e. The first-order valence-electron chi connectivity index (χ1n) is 11.1. The van der Waals surface area contributed by atoms with Crippen molar-refractivity contribution in [2.75, 3.05) is 18.4 Å². The van der Waals surface area contributed by atoms with Crippen molar-refractivity contribution in [1.82, 2.24) is 10.2 Å². The van der Waals surface area contributed by atoms with Gasteiger partial charge in [0.1, 0.15) is 0 Å². The van der Waals surface area contributed by atoms with E-state index in [4.69, 9.17) is 0 Å². The smallest absolute Gasteiger partial charge is 0.321 e. The molecule has 5 nitrogen and oxygen atoms in total. The van der Waals surface area contributed by atoms with Crippen molar-refractivity contribution in [3.63, 3.8) is 0 Å². The van der Waals surface area contributed by atoms with Gasteiger partial charge in [0.2, 0.25) is 5.91 Å². The number of hydrogen-bond acceptors (Lipinski definition) is 2. The molecule has 1 aliphatic heterocycles. The van der Waals surface area contributed by atoms with E-state index < -0.39 is 5.54 Å². The summed E-state index contributed by atoms with van der Waals surface area (Å²) in [5.74, 6) is -0.283. The van der Waals surface area contributed by atoms with Crippen molar-refractivity contribution in [3.05, 3.63) is 102 Å². The van der Waals surface area contributed by atoms with Crippen LogP contribution in [0.1, 0.15) is 30.9 Å². The molecule has 32 heavy (non-hydrogen) atoms. The van der Waals surface area contributed by atoms with Gasteiger partial charge in [-0.1, -0.05) is 78.9 Å². The van der Waals surface area contributed by atoms with Crippen LogP contribution in [0.2, 0.25) is 0 Å². The Balaban J connectivity index is 1.49. The molecule has 3 amide bonds. The van der Waals surface area contributed by atoms with Crippen LogP contribution in [-0.4, -0.2) is 29.9 Å². The lowest BCUT2D eigenvalue weighted by atomic mass is 9.83. The number of benzene rings is 3. The molecule has 1 saturated heterocycles. The van der Waals surface area contributed by atoms with Crippen LogP contribution >= 0.6 is 0 Å². The highest BCUT2D eigenvalue weighted by atomic mass is 16.2. The van der Waals surface area contributed by atoms with Crippen LogP contribution in [0.25, 0.3) is 0 Å². The van der Waals surface area contributed by atoms with Crippen molar-refractivity contribution in [1.29, 1.82) is 0 Å². The summed E-state index contributed by atoms with van der Waals surface area (Å²) < 4.78 is 0. The van der Waals surface area contributed by atoms with Gasteiger partial charge in [0.25, 0.3) is 0 Å². The molecule has 0 saturated carbocycles. The Morgan fingerprint density at radius 2 is 1.38 bits per heavy atom. The van der Waals surface area contributed by atoms with Gasteiger partial charge >= 0.3 is 6.03 Å². The first kappa shape index (κ1) is 21.6. The zero-order valence-electron chi connectivity index (χ0n) is 18.3. The lowest BCUT2D eigenvalue weighted by Crippen LogP contribution is -2.51. The Hall–Kier alpha value is -3.60. The number of nitrogens with zero attached hydrogens (tertiary/aromatic N) is 1. The molecule has 0 aliphatic carbocycles. The molecule has 5 heteroatoms. The van der Waals surface area contributed by atoms with Gasteiger partial charge in [-0.05, 0) is 43.0 Å². The van der Waals surface area contributed by atoms with Gasteiger partial charge in [0.05, 0.1) is 11.5 Å². The minimum Gasteiger partial charge on any atom is -0.342 e. The quantitative estimate of drug-likeness (QED) is 0.601. The Morgan fingerprint density at radius 3 is 1.94 bits per heavy atom.